The summed E-state index contributed by atoms with van der Waals surface area (Å²) in [5.41, 5.74) is 0.0891. The minimum atomic E-state index is -4.28. The van der Waals surface area contributed by atoms with Gasteiger partial charge in [-0.25, -0.2) is 0 Å². The Morgan fingerprint density at radius 3 is 2.30 bits per heavy atom. The van der Waals surface area contributed by atoms with Crippen LogP contribution < -0.4 is 5.32 Å². The molecule has 0 saturated carbocycles. The molecule has 1 saturated heterocycles. The molecule has 1 heterocycles. The Bertz CT molecular complexity index is 450. The highest BCUT2D eigenvalue weighted by molar-refractivity contribution is 5.90. The van der Waals surface area contributed by atoms with E-state index in [1.54, 1.807) is 0 Å². The van der Waals surface area contributed by atoms with Crippen LogP contribution in [0.25, 0.3) is 0 Å². The molecule has 1 aliphatic heterocycles. The minimum Gasteiger partial charge on any atom is -0.317 e. The molecule has 0 aliphatic carbocycles. The molecule has 1 aromatic rings. The van der Waals surface area contributed by atoms with E-state index < -0.39 is 24.4 Å². The molecule has 1 fully saturated rings. The number of carbonyl (C=O) groups excluding carboxylic acids is 1. The predicted octanol–water partition coefficient (Wildman–Crippen LogP) is 3.22. The summed E-state index contributed by atoms with van der Waals surface area (Å²) < 4.78 is 37.0. The van der Waals surface area contributed by atoms with Gasteiger partial charge in [-0.2, -0.15) is 13.2 Å². The summed E-state index contributed by atoms with van der Waals surface area (Å²) in [6, 6.07) is 9.19. The molecule has 2 nitrogen and oxygen atoms in total. The zero-order chi connectivity index (χ0) is 14.6. The van der Waals surface area contributed by atoms with Crippen LogP contribution in [-0.4, -0.2) is 25.0 Å². The van der Waals surface area contributed by atoms with Gasteiger partial charge >= 0.3 is 6.18 Å². The molecule has 2 rings (SSSR count). The fourth-order valence-corrected chi connectivity index (χ4v) is 2.83. The molecule has 1 aromatic carbocycles. The first kappa shape index (κ1) is 15.0. The first-order chi connectivity index (χ1) is 9.44. The molecule has 20 heavy (non-hydrogen) atoms. The van der Waals surface area contributed by atoms with Gasteiger partial charge < -0.3 is 5.32 Å². The maximum absolute atomic E-state index is 12.4. The molecule has 0 unspecified atom stereocenters. The number of ketones is 1. The third kappa shape index (κ3) is 3.39. The van der Waals surface area contributed by atoms with Gasteiger partial charge in [0.1, 0.15) is 5.78 Å². The van der Waals surface area contributed by atoms with Crippen molar-refractivity contribution in [2.24, 2.45) is 0 Å². The van der Waals surface area contributed by atoms with E-state index in [1.165, 1.54) is 0 Å². The summed E-state index contributed by atoms with van der Waals surface area (Å²) in [5, 5.41) is 3.16. The van der Waals surface area contributed by atoms with Crippen LogP contribution in [0.3, 0.4) is 0 Å². The lowest BCUT2D eigenvalue weighted by Crippen LogP contribution is -2.45. The summed E-state index contributed by atoms with van der Waals surface area (Å²) in [5.74, 6) is -0.289. The fraction of sp³-hybridized carbons (Fsp3) is 0.533. The highest BCUT2D eigenvalue weighted by Crippen LogP contribution is 2.37. The van der Waals surface area contributed by atoms with Gasteiger partial charge in [-0.1, -0.05) is 30.3 Å². The van der Waals surface area contributed by atoms with Crippen LogP contribution in [0.4, 0.5) is 13.2 Å². The van der Waals surface area contributed by atoms with Gasteiger partial charge in [0.2, 0.25) is 0 Å². The Morgan fingerprint density at radius 1 is 1.15 bits per heavy atom. The van der Waals surface area contributed by atoms with E-state index in [4.69, 9.17) is 0 Å². The van der Waals surface area contributed by atoms with Crippen LogP contribution in [-0.2, 0) is 10.2 Å². The zero-order valence-corrected chi connectivity index (χ0v) is 11.2. The molecule has 0 aromatic heterocycles. The number of piperidine rings is 1. The third-order valence-corrected chi connectivity index (χ3v) is 3.95. The molecule has 5 heteroatoms. The number of nitrogens with one attached hydrogen (secondary N) is 1. The van der Waals surface area contributed by atoms with Crippen molar-refractivity contribution < 1.29 is 18.0 Å². The van der Waals surface area contributed by atoms with Crippen LogP contribution in [0.5, 0.6) is 0 Å². The number of hydrogen-bond acceptors (Lipinski definition) is 2. The zero-order valence-electron chi connectivity index (χ0n) is 11.2. The van der Waals surface area contributed by atoms with Crippen molar-refractivity contribution >= 4 is 5.78 Å². The maximum Gasteiger partial charge on any atom is 0.389 e. The van der Waals surface area contributed by atoms with Crippen LogP contribution in [0.15, 0.2) is 30.3 Å². The van der Waals surface area contributed by atoms with E-state index in [2.05, 4.69) is 5.32 Å². The summed E-state index contributed by atoms with van der Waals surface area (Å²) in [7, 11) is 0. The standard InChI is InChI=1S/C15H18F3NO/c16-15(17,18)7-6-13(20)14(8-10-19-11-9-14)12-4-2-1-3-5-12/h1-5,19H,6-11H2. The van der Waals surface area contributed by atoms with Crippen LogP contribution in [0.1, 0.15) is 31.2 Å². The van der Waals surface area contributed by atoms with Gasteiger partial charge in [0, 0.05) is 6.42 Å². The molecule has 1 aliphatic rings. The molecular weight excluding hydrogens is 267 g/mol. The molecule has 0 radical (unpaired) electrons. The van der Waals surface area contributed by atoms with Crippen LogP contribution >= 0.6 is 0 Å². The molecule has 0 bridgehead atoms. The Morgan fingerprint density at radius 2 is 1.75 bits per heavy atom. The topological polar surface area (TPSA) is 29.1 Å². The van der Waals surface area contributed by atoms with Gasteiger partial charge in [-0.3, -0.25) is 4.79 Å². The number of halogens is 3. The molecule has 110 valence electrons. The van der Waals surface area contributed by atoms with Gasteiger partial charge in [-0.15, -0.1) is 0 Å². The van der Waals surface area contributed by atoms with Crippen LogP contribution in [0, 0.1) is 0 Å². The van der Waals surface area contributed by atoms with E-state index in [1.807, 2.05) is 30.3 Å². The third-order valence-electron chi connectivity index (χ3n) is 3.95. The van der Waals surface area contributed by atoms with Gasteiger partial charge in [0.25, 0.3) is 0 Å². The van der Waals surface area contributed by atoms with E-state index in [0.29, 0.717) is 25.9 Å². The molecular formula is C15H18F3NO. The first-order valence-electron chi connectivity index (χ1n) is 6.80. The van der Waals surface area contributed by atoms with Crippen molar-refractivity contribution in [3.8, 4) is 0 Å². The Labute approximate surface area is 116 Å². The largest absolute Gasteiger partial charge is 0.389 e. The average molecular weight is 285 g/mol. The number of alkyl halides is 3. The van der Waals surface area contributed by atoms with Gasteiger partial charge in [0.15, 0.2) is 0 Å². The maximum atomic E-state index is 12.4. The van der Waals surface area contributed by atoms with Crippen molar-refractivity contribution in [2.75, 3.05) is 13.1 Å². The summed E-state index contributed by atoms with van der Waals surface area (Å²) in [6.07, 6.45) is -4.62. The second-order valence-electron chi connectivity index (χ2n) is 5.24. The lowest BCUT2D eigenvalue weighted by atomic mass is 9.69. The Kier molecular flexibility index (Phi) is 4.48. The van der Waals surface area contributed by atoms with E-state index in [0.717, 1.165) is 5.56 Å². The smallest absolute Gasteiger partial charge is 0.317 e. The van der Waals surface area contributed by atoms with Crippen molar-refractivity contribution in [3.05, 3.63) is 35.9 Å². The molecule has 0 amide bonds. The number of Topliss-reactive ketones (excluding diaryl/α,β-unsaturated/α-hetero) is 1. The molecule has 0 spiro atoms. The first-order valence-corrected chi connectivity index (χ1v) is 6.80. The molecule has 0 atom stereocenters. The summed E-state index contributed by atoms with van der Waals surface area (Å²) in [4.78, 5) is 12.4. The summed E-state index contributed by atoms with van der Waals surface area (Å²) in [6.45, 7) is 1.32. The van der Waals surface area contributed by atoms with E-state index in [9.17, 15) is 18.0 Å². The lowest BCUT2D eigenvalue weighted by molar-refractivity contribution is -0.146. The van der Waals surface area contributed by atoms with Gasteiger partial charge in [-0.05, 0) is 31.5 Å². The Hall–Kier alpha value is -1.36. The average Bonchev–Trinajstić information content (AvgIpc) is 2.45. The van der Waals surface area contributed by atoms with Crippen molar-refractivity contribution in [3.63, 3.8) is 0 Å². The fourth-order valence-electron chi connectivity index (χ4n) is 2.83. The number of rotatable bonds is 4. The second-order valence-corrected chi connectivity index (χ2v) is 5.24. The highest BCUT2D eigenvalue weighted by Gasteiger charge is 2.41. The SMILES string of the molecule is O=C(CCC(F)(F)F)C1(c2ccccc2)CCNCC1. The van der Waals surface area contributed by atoms with Crippen molar-refractivity contribution in [1.29, 1.82) is 0 Å². The normalized spacial score (nSPS) is 18.8. The van der Waals surface area contributed by atoms with Crippen LogP contribution in [0.2, 0.25) is 0 Å². The molecule has 1 N–H and O–H groups in total. The van der Waals surface area contributed by atoms with Gasteiger partial charge in [0.05, 0.1) is 11.8 Å². The number of carbonyl (C=O) groups is 1. The van der Waals surface area contributed by atoms with E-state index >= 15 is 0 Å². The summed E-state index contributed by atoms with van der Waals surface area (Å²) >= 11 is 0. The van der Waals surface area contributed by atoms with Crippen molar-refractivity contribution in [1.82, 2.24) is 5.32 Å². The van der Waals surface area contributed by atoms with E-state index in [-0.39, 0.29) is 5.78 Å². The Balaban J connectivity index is 2.21. The predicted molar refractivity (Wildman–Crippen MR) is 70.5 cm³/mol. The minimum absolute atomic E-state index is 0.289. The number of benzene rings is 1. The van der Waals surface area contributed by atoms with Crippen molar-refractivity contribution in [2.45, 2.75) is 37.3 Å². The highest BCUT2D eigenvalue weighted by atomic mass is 19.4. The monoisotopic (exact) mass is 285 g/mol. The lowest BCUT2D eigenvalue weighted by Gasteiger charge is -2.37. The quantitative estimate of drug-likeness (QED) is 0.920. The second kappa shape index (κ2) is 5.95. The number of hydrogen-bond donors (Lipinski definition) is 1.